The zero-order chi connectivity index (χ0) is 35.1. The molecular formula is C45H58O5. The number of epoxide rings is 1. The molecule has 0 N–H and O–H groups in total. The summed E-state index contributed by atoms with van der Waals surface area (Å²) in [6.45, 7) is 16.2. The van der Waals surface area contributed by atoms with Crippen LogP contribution in [0.25, 0.3) is 0 Å². The van der Waals surface area contributed by atoms with Crippen LogP contribution in [0.15, 0.2) is 72.3 Å². The Morgan fingerprint density at radius 2 is 1.50 bits per heavy atom. The second-order valence-electron chi connectivity index (χ2n) is 18.7. The van der Waals surface area contributed by atoms with Crippen molar-refractivity contribution in [1.82, 2.24) is 0 Å². The summed E-state index contributed by atoms with van der Waals surface area (Å²) >= 11 is 0. The van der Waals surface area contributed by atoms with Gasteiger partial charge >= 0.3 is 5.97 Å². The van der Waals surface area contributed by atoms with Gasteiger partial charge in [0.15, 0.2) is 11.9 Å². The van der Waals surface area contributed by atoms with Gasteiger partial charge in [-0.25, -0.2) is 0 Å². The van der Waals surface area contributed by atoms with Crippen molar-refractivity contribution in [3.63, 3.8) is 0 Å². The number of ether oxygens (including phenoxy) is 3. The minimum Gasteiger partial charge on any atom is -0.452 e. The molecule has 1 saturated heterocycles. The lowest BCUT2D eigenvalue weighted by atomic mass is 9.33. The van der Waals surface area contributed by atoms with Crippen LogP contribution >= 0.6 is 0 Å². The lowest BCUT2D eigenvalue weighted by molar-refractivity contribution is -0.209. The molecule has 1 unspecified atom stereocenters. The number of allylic oxidation sites excluding steroid dienone is 2. The van der Waals surface area contributed by atoms with Gasteiger partial charge in [-0.15, -0.1) is 0 Å². The van der Waals surface area contributed by atoms with Crippen molar-refractivity contribution in [2.24, 2.45) is 50.7 Å². The normalized spacial score (nSPS) is 41.6. The van der Waals surface area contributed by atoms with E-state index in [1.54, 1.807) is 0 Å². The molecule has 5 nitrogen and oxygen atoms in total. The Labute approximate surface area is 299 Å². The third kappa shape index (κ3) is 5.30. The van der Waals surface area contributed by atoms with Crippen LogP contribution in [0.2, 0.25) is 0 Å². The standard InChI is InChI=1S/C45H58O5/c1-41(2)36-18-22-45(6)39(43(36,4)21-19-37(41)49-28-32-27-48-32)35(46)26-34-33-25-31(17-20-42(33,3)23-24-44(34,45)5)40(47)50-38(29-13-9-7-10-14-29)30-15-11-8-12-16-30/h7-16,26,31-33,36-39H,17-25,27-28H2,1-6H3/t31-,32?,33-,36-,37-,39+,42+,43-,44+,45+/m0/s1. The highest BCUT2D eigenvalue weighted by atomic mass is 16.6. The average molecular weight is 679 g/mol. The fourth-order valence-corrected chi connectivity index (χ4v) is 12.7. The van der Waals surface area contributed by atoms with Crippen molar-refractivity contribution in [2.45, 2.75) is 118 Å². The summed E-state index contributed by atoms with van der Waals surface area (Å²) < 4.78 is 18.4. The monoisotopic (exact) mass is 678 g/mol. The fraction of sp³-hybridized carbons (Fsp3) is 0.644. The number of carbonyl (C=O) groups is 2. The highest BCUT2D eigenvalue weighted by Crippen LogP contribution is 2.74. The predicted molar refractivity (Wildman–Crippen MR) is 195 cm³/mol. The van der Waals surface area contributed by atoms with Gasteiger partial charge in [-0.3, -0.25) is 9.59 Å². The number of hydrogen-bond acceptors (Lipinski definition) is 5. The molecule has 2 aromatic rings. The summed E-state index contributed by atoms with van der Waals surface area (Å²) in [7, 11) is 0. The molecule has 50 heavy (non-hydrogen) atoms. The summed E-state index contributed by atoms with van der Waals surface area (Å²) in [5.74, 6) is 0.691. The van der Waals surface area contributed by atoms with Gasteiger partial charge < -0.3 is 14.2 Å². The van der Waals surface area contributed by atoms with Gasteiger partial charge in [-0.05, 0) is 114 Å². The molecule has 6 aliphatic rings. The number of ketones is 1. The van der Waals surface area contributed by atoms with E-state index < -0.39 is 6.10 Å². The molecule has 1 heterocycles. The van der Waals surface area contributed by atoms with Crippen LogP contribution in [0.3, 0.4) is 0 Å². The molecule has 0 spiro atoms. The number of carbonyl (C=O) groups excluding carboxylic acids is 2. The van der Waals surface area contributed by atoms with Crippen LogP contribution in [-0.4, -0.2) is 37.2 Å². The molecule has 4 saturated carbocycles. The average Bonchev–Trinajstić information content (AvgIpc) is 3.93. The maximum absolute atomic E-state index is 14.8. The molecule has 5 fully saturated rings. The van der Waals surface area contributed by atoms with E-state index in [9.17, 15) is 9.59 Å². The third-order valence-electron chi connectivity index (χ3n) is 15.9. The Morgan fingerprint density at radius 3 is 2.14 bits per heavy atom. The molecule has 2 aromatic carbocycles. The molecule has 268 valence electrons. The molecule has 5 heteroatoms. The molecule has 0 bridgehead atoms. The number of hydrogen-bond donors (Lipinski definition) is 0. The van der Waals surface area contributed by atoms with Crippen molar-refractivity contribution >= 4 is 11.8 Å². The van der Waals surface area contributed by atoms with Gasteiger partial charge in [-0.2, -0.15) is 0 Å². The van der Waals surface area contributed by atoms with E-state index in [4.69, 9.17) is 14.2 Å². The van der Waals surface area contributed by atoms with E-state index in [-0.39, 0.29) is 63.0 Å². The Bertz CT molecular complexity index is 1600. The van der Waals surface area contributed by atoms with Crippen molar-refractivity contribution in [1.29, 1.82) is 0 Å². The molecule has 5 aliphatic carbocycles. The number of esters is 1. The van der Waals surface area contributed by atoms with Gasteiger partial charge in [0.25, 0.3) is 0 Å². The zero-order valence-electron chi connectivity index (χ0n) is 31.2. The SMILES string of the molecule is CC1(C)[C@@H](OCC2CO2)CC[C@]2(C)[C@H]3C(=O)C=C4[C@@H]5C[C@@H](C(=O)OC(c6ccccc6)c6ccccc6)CC[C@]5(C)CC[C@@]4(C)[C@]3(C)CC[C@@H]12. The van der Waals surface area contributed by atoms with Crippen molar-refractivity contribution in [2.75, 3.05) is 13.2 Å². The first-order chi connectivity index (χ1) is 23.8. The number of fused-ring (bicyclic) bond motifs is 7. The first kappa shape index (κ1) is 34.3. The van der Waals surface area contributed by atoms with Gasteiger partial charge in [0.05, 0.1) is 25.2 Å². The van der Waals surface area contributed by atoms with Gasteiger partial charge in [0.2, 0.25) is 0 Å². The van der Waals surface area contributed by atoms with E-state index in [2.05, 4.69) is 47.6 Å². The van der Waals surface area contributed by atoms with Crippen LogP contribution in [-0.2, 0) is 23.8 Å². The minimum absolute atomic E-state index is 0.000650. The lowest BCUT2D eigenvalue weighted by Gasteiger charge is -2.70. The van der Waals surface area contributed by atoms with E-state index >= 15 is 0 Å². The topological polar surface area (TPSA) is 65.1 Å². The fourth-order valence-electron chi connectivity index (χ4n) is 12.7. The summed E-state index contributed by atoms with van der Waals surface area (Å²) in [5.41, 5.74) is 3.14. The van der Waals surface area contributed by atoms with Gasteiger partial charge in [-0.1, -0.05) is 108 Å². The Kier molecular flexibility index (Phi) is 8.35. The first-order valence-electron chi connectivity index (χ1n) is 19.6. The minimum atomic E-state index is -0.437. The van der Waals surface area contributed by atoms with E-state index in [0.29, 0.717) is 18.3 Å². The Balaban J connectivity index is 1.07. The molecule has 8 rings (SSSR count). The van der Waals surface area contributed by atoms with E-state index in [1.807, 2.05) is 60.7 Å². The first-order valence-corrected chi connectivity index (χ1v) is 19.6. The van der Waals surface area contributed by atoms with Crippen molar-refractivity contribution in [3.8, 4) is 0 Å². The third-order valence-corrected chi connectivity index (χ3v) is 15.9. The summed E-state index contributed by atoms with van der Waals surface area (Å²) in [6, 6.07) is 20.2. The van der Waals surface area contributed by atoms with Crippen LogP contribution < -0.4 is 0 Å². The molecule has 1 aliphatic heterocycles. The highest BCUT2D eigenvalue weighted by molar-refractivity contribution is 5.95. The lowest BCUT2D eigenvalue weighted by Crippen LogP contribution is -2.66. The predicted octanol–water partition coefficient (Wildman–Crippen LogP) is 9.69. The maximum atomic E-state index is 14.8. The number of rotatable bonds is 7. The molecule has 10 atom stereocenters. The largest absolute Gasteiger partial charge is 0.452 e. The quantitative estimate of drug-likeness (QED) is 0.216. The summed E-state index contributed by atoms with van der Waals surface area (Å²) in [5, 5.41) is 0. The van der Waals surface area contributed by atoms with Gasteiger partial charge in [0, 0.05) is 5.92 Å². The summed E-state index contributed by atoms with van der Waals surface area (Å²) in [6.07, 6.45) is 11.2. The highest BCUT2D eigenvalue weighted by Gasteiger charge is 2.70. The number of benzene rings is 2. The van der Waals surface area contributed by atoms with E-state index in [1.165, 1.54) is 5.57 Å². The maximum Gasteiger partial charge on any atom is 0.309 e. The van der Waals surface area contributed by atoms with Crippen LogP contribution in [0.4, 0.5) is 0 Å². The summed E-state index contributed by atoms with van der Waals surface area (Å²) in [4.78, 5) is 29.0. The molecule has 0 aromatic heterocycles. The molecule has 0 radical (unpaired) electrons. The van der Waals surface area contributed by atoms with Gasteiger partial charge in [0.1, 0.15) is 6.10 Å². The van der Waals surface area contributed by atoms with Crippen LogP contribution in [0.1, 0.15) is 117 Å². The Morgan fingerprint density at radius 1 is 0.840 bits per heavy atom. The van der Waals surface area contributed by atoms with Crippen LogP contribution in [0, 0.1) is 50.7 Å². The smallest absolute Gasteiger partial charge is 0.309 e. The molecular weight excluding hydrogens is 620 g/mol. The van der Waals surface area contributed by atoms with Crippen LogP contribution in [0.5, 0.6) is 0 Å². The van der Waals surface area contributed by atoms with E-state index in [0.717, 1.165) is 75.5 Å². The van der Waals surface area contributed by atoms with Crippen molar-refractivity contribution < 1.29 is 23.8 Å². The Hall–Kier alpha value is -2.76. The molecule has 0 amide bonds. The second kappa shape index (κ2) is 12.2. The second-order valence-corrected chi connectivity index (χ2v) is 18.7. The zero-order valence-corrected chi connectivity index (χ0v) is 31.2. The van der Waals surface area contributed by atoms with Crippen molar-refractivity contribution in [3.05, 3.63) is 83.4 Å².